The molecule has 0 amide bonds. The lowest BCUT2D eigenvalue weighted by atomic mass is 10.8. The molecule has 0 heterocycles. The molecule has 0 N–H and O–H groups in total. The lowest BCUT2D eigenvalue weighted by molar-refractivity contribution is -0.301. The van der Waals surface area contributed by atoms with Crippen molar-refractivity contribution in [1.82, 2.24) is 0 Å². The Kier molecular flexibility index (Phi) is 3.37. The number of carboxylic acids is 1. The van der Waals surface area contributed by atoms with Gasteiger partial charge in [0, 0.05) is 5.75 Å². The molecular formula is C2H2ClO2S-. The molecule has 0 aliphatic rings. The minimum Gasteiger partial charge on any atom is -0.549 e. The van der Waals surface area contributed by atoms with Gasteiger partial charge in [0.15, 0.2) is 0 Å². The molecule has 36 valence electrons. The third-order valence-electron chi connectivity index (χ3n) is 0.172. The number of hydrogen-bond donors (Lipinski definition) is 0. The van der Waals surface area contributed by atoms with Crippen LogP contribution in [0.1, 0.15) is 0 Å². The first-order chi connectivity index (χ1) is 2.77. The Balaban J connectivity index is 2.83. The maximum atomic E-state index is 9.38. The topological polar surface area (TPSA) is 40.1 Å². The molecule has 0 atom stereocenters. The average molecular weight is 126 g/mol. The molecular weight excluding hydrogens is 124 g/mol. The summed E-state index contributed by atoms with van der Waals surface area (Å²) in [6, 6.07) is 0. The van der Waals surface area contributed by atoms with Crippen molar-refractivity contribution in [2.24, 2.45) is 0 Å². The summed E-state index contributed by atoms with van der Waals surface area (Å²) < 4.78 is 0. The van der Waals surface area contributed by atoms with E-state index in [1.165, 1.54) is 0 Å². The zero-order valence-electron chi connectivity index (χ0n) is 2.81. The van der Waals surface area contributed by atoms with Gasteiger partial charge in [0.2, 0.25) is 0 Å². The van der Waals surface area contributed by atoms with E-state index in [1.807, 2.05) is 0 Å². The number of carbonyl (C=O) groups is 1. The highest BCUT2D eigenvalue weighted by molar-refractivity contribution is 8.21. The number of halogens is 1. The molecule has 0 aliphatic carbocycles. The van der Waals surface area contributed by atoms with Gasteiger partial charge in [-0.05, 0) is 21.7 Å². The van der Waals surface area contributed by atoms with E-state index >= 15 is 0 Å². The summed E-state index contributed by atoms with van der Waals surface area (Å²) in [5.41, 5.74) is 0. The molecule has 6 heavy (non-hydrogen) atoms. The highest BCUT2D eigenvalue weighted by atomic mass is 35.7. The average Bonchev–Trinajstić information content (AvgIpc) is 1.35. The lowest BCUT2D eigenvalue weighted by Gasteiger charge is -1.90. The number of carbonyl (C=O) groups excluding carboxylic acids is 1. The molecule has 0 aliphatic heterocycles. The van der Waals surface area contributed by atoms with Gasteiger partial charge in [0.25, 0.3) is 0 Å². The van der Waals surface area contributed by atoms with Crippen molar-refractivity contribution in [2.75, 3.05) is 5.75 Å². The second kappa shape index (κ2) is 3.31. The van der Waals surface area contributed by atoms with Crippen LogP contribution in [0.15, 0.2) is 0 Å². The van der Waals surface area contributed by atoms with Gasteiger partial charge in [0.1, 0.15) is 0 Å². The van der Waals surface area contributed by atoms with E-state index in [-0.39, 0.29) is 5.75 Å². The van der Waals surface area contributed by atoms with Crippen molar-refractivity contribution in [3.05, 3.63) is 0 Å². The Morgan fingerprint density at radius 3 is 2.50 bits per heavy atom. The molecule has 2 nitrogen and oxygen atoms in total. The summed E-state index contributed by atoms with van der Waals surface area (Å²) in [7, 11) is 5.61. The second-order valence-corrected chi connectivity index (χ2v) is 1.79. The van der Waals surface area contributed by atoms with E-state index in [2.05, 4.69) is 0 Å². The Hall–Kier alpha value is 0.110. The van der Waals surface area contributed by atoms with Gasteiger partial charge in [0.05, 0.1) is 5.97 Å². The van der Waals surface area contributed by atoms with Crippen LogP contribution >= 0.6 is 21.7 Å². The fourth-order valence-electron chi connectivity index (χ4n) is 0.0445. The monoisotopic (exact) mass is 125 g/mol. The molecule has 0 bridgehead atoms. The van der Waals surface area contributed by atoms with Crippen molar-refractivity contribution < 1.29 is 9.90 Å². The highest BCUT2D eigenvalue weighted by Gasteiger charge is 1.77. The van der Waals surface area contributed by atoms with Crippen LogP contribution in [-0.2, 0) is 4.79 Å². The Bertz CT molecular complexity index is 55.5. The minimum absolute atomic E-state index is 0.137. The molecule has 0 aromatic carbocycles. The van der Waals surface area contributed by atoms with Gasteiger partial charge in [-0.25, -0.2) is 0 Å². The third-order valence-corrected chi connectivity index (χ3v) is 0.845. The van der Waals surface area contributed by atoms with Crippen molar-refractivity contribution in [1.29, 1.82) is 0 Å². The van der Waals surface area contributed by atoms with Crippen LogP contribution < -0.4 is 5.11 Å². The first-order valence-electron chi connectivity index (χ1n) is 1.20. The van der Waals surface area contributed by atoms with Gasteiger partial charge in [-0.1, -0.05) is 0 Å². The molecule has 0 spiro atoms. The molecule has 0 rings (SSSR count). The summed E-state index contributed by atoms with van der Waals surface area (Å²) in [6.07, 6.45) is 0. The van der Waals surface area contributed by atoms with Gasteiger partial charge in [-0.2, -0.15) is 0 Å². The van der Waals surface area contributed by atoms with E-state index in [0.29, 0.717) is 0 Å². The second-order valence-electron chi connectivity index (χ2n) is 0.625. The summed E-state index contributed by atoms with van der Waals surface area (Å²) >= 11 is 0. The van der Waals surface area contributed by atoms with Crippen molar-refractivity contribution in [2.45, 2.75) is 0 Å². The fraction of sp³-hybridized carbons (Fsp3) is 0.500. The van der Waals surface area contributed by atoms with Crippen molar-refractivity contribution >= 4 is 27.6 Å². The smallest absolute Gasteiger partial charge is 0.0525 e. The SMILES string of the molecule is O=C([O-])CSCl. The van der Waals surface area contributed by atoms with E-state index in [0.717, 1.165) is 11.0 Å². The minimum atomic E-state index is -1.13. The Labute approximate surface area is 44.0 Å². The molecule has 0 aromatic heterocycles. The van der Waals surface area contributed by atoms with E-state index in [9.17, 15) is 9.90 Å². The lowest BCUT2D eigenvalue weighted by Crippen LogP contribution is -2.23. The van der Waals surface area contributed by atoms with Gasteiger partial charge in [-0.15, -0.1) is 0 Å². The zero-order chi connectivity index (χ0) is 4.99. The predicted octanol–water partition coefficient (Wildman–Crippen LogP) is -0.377. The summed E-state index contributed by atoms with van der Waals surface area (Å²) in [5, 5.41) is 9.38. The number of carboxylic acid groups (broad SMARTS) is 1. The first kappa shape index (κ1) is 6.11. The number of aliphatic carboxylic acids is 1. The molecule has 0 unspecified atom stereocenters. The van der Waals surface area contributed by atoms with Crippen LogP contribution in [0.5, 0.6) is 0 Å². The van der Waals surface area contributed by atoms with Crippen LogP contribution in [0.4, 0.5) is 0 Å². The molecule has 0 aromatic rings. The normalized spacial score (nSPS) is 8.17. The molecule has 0 saturated heterocycles. The highest BCUT2D eigenvalue weighted by Crippen LogP contribution is 2.01. The summed E-state index contributed by atoms with van der Waals surface area (Å²) in [6.45, 7) is 0. The molecule has 0 saturated carbocycles. The van der Waals surface area contributed by atoms with E-state index < -0.39 is 5.97 Å². The van der Waals surface area contributed by atoms with Crippen LogP contribution in [0, 0.1) is 0 Å². The predicted molar refractivity (Wildman–Crippen MR) is 23.3 cm³/mol. The molecule has 0 radical (unpaired) electrons. The van der Waals surface area contributed by atoms with Crippen LogP contribution in [0.3, 0.4) is 0 Å². The van der Waals surface area contributed by atoms with Gasteiger partial charge >= 0.3 is 0 Å². The quantitative estimate of drug-likeness (QED) is 0.505. The van der Waals surface area contributed by atoms with Crippen LogP contribution in [0.2, 0.25) is 0 Å². The largest absolute Gasteiger partial charge is 0.549 e. The number of hydrogen-bond acceptors (Lipinski definition) is 3. The zero-order valence-corrected chi connectivity index (χ0v) is 4.38. The van der Waals surface area contributed by atoms with Gasteiger partial charge < -0.3 is 9.90 Å². The summed E-state index contributed by atoms with van der Waals surface area (Å²) in [4.78, 5) is 9.38. The van der Waals surface area contributed by atoms with Crippen molar-refractivity contribution in [3.63, 3.8) is 0 Å². The standard InChI is InChI=1S/C2H3ClO2S/c3-6-1-2(4)5/h1H2,(H,4,5)/p-1. The third kappa shape index (κ3) is 4.11. The molecule has 4 heteroatoms. The molecule has 0 fully saturated rings. The van der Waals surface area contributed by atoms with E-state index in [1.54, 1.807) is 0 Å². The maximum absolute atomic E-state index is 9.38. The Morgan fingerprint density at radius 2 is 2.50 bits per heavy atom. The van der Waals surface area contributed by atoms with Gasteiger partial charge in [-0.3, -0.25) is 0 Å². The number of rotatable bonds is 2. The Morgan fingerprint density at radius 1 is 2.00 bits per heavy atom. The summed E-state index contributed by atoms with van der Waals surface area (Å²) in [5.74, 6) is -1.27. The fourth-order valence-corrected chi connectivity index (χ4v) is 0.401. The first-order valence-corrected chi connectivity index (χ1v) is 3.02. The van der Waals surface area contributed by atoms with Crippen molar-refractivity contribution in [3.8, 4) is 0 Å². The van der Waals surface area contributed by atoms with Crippen LogP contribution in [-0.4, -0.2) is 11.7 Å². The van der Waals surface area contributed by atoms with E-state index in [4.69, 9.17) is 10.7 Å². The van der Waals surface area contributed by atoms with Crippen LogP contribution in [0.25, 0.3) is 0 Å². The maximum Gasteiger partial charge on any atom is 0.0525 e.